The minimum absolute atomic E-state index is 0.0252. The van der Waals surface area contributed by atoms with Gasteiger partial charge in [-0.25, -0.2) is 0 Å². The lowest BCUT2D eigenvalue weighted by atomic mass is 10.1. The predicted octanol–water partition coefficient (Wildman–Crippen LogP) is 3.02. The van der Waals surface area contributed by atoms with Crippen molar-refractivity contribution in [1.82, 2.24) is 4.98 Å². The largest absolute Gasteiger partial charge is 0.399 e. The van der Waals surface area contributed by atoms with Crippen LogP contribution in [0.4, 0.5) is 11.4 Å². The van der Waals surface area contributed by atoms with E-state index in [0.29, 0.717) is 27.3 Å². The highest BCUT2D eigenvalue weighted by Gasteiger charge is 2.13. The van der Waals surface area contributed by atoms with Gasteiger partial charge in [-0.2, -0.15) is 0 Å². The van der Waals surface area contributed by atoms with Gasteiger partial charge < -0.3 is 16.0 Å². The van der Waals surface area contributed by atoms with Crippen molar-refractivity contribution in [1.29, 1.82) is 0 Å². The number of nitrogen functional groups attached to an aromatic ring is 1. The maximum absolute atomic E-state index is 12.4. The predicted molar refractivity (Wildman–Crippen MR) is 88.4 cm³/mol. The van der Waals surface area contributed by atoms with Gasteiger partial charge in [0.25, 0.3) is 5.91 Å². The van der Waals surface area contributed by atoms with E-state index in [1.807, 2.05) is 6.07 Å². The molecule has 0 aliphatic heterocycles. The highest BCUT2D eigenvalue weighted by molar-refractivity contribution is 6.31. The Morgan fingerprint density at radius 3 is 2.73 bits per heavy atom. The zero-order valence-electron chi connectivity index (χ0n) is 11.4. The van der Waals surface area contributed by atoms with Crippen LogP contribution in [0, 0.1) is 0 Å². The third-order valence-corrected chi connectivity index (χ3v) is 3.43. The van der Waals surface area contributed by atoms with Gasteiger partial charge in [0.2, 0.25) is 5.43 Å². The van der Waals surface area contributed by atoms with Gasteiger partial charge in [-0.05, 0) is 30.3 Å². The number of H-pyrrole nitrogens is 1. The molecule has 3 aromatic rings. The third-order valence-electron chi connectivity index (χ3n) is 3.21. The van der Waals surface area contributed by atoms with Crippen LogP contribution in [0.3, 0.4) is 0 Å². The molecule has 1 aromatic heterocycles. The van der Waals surface area contributed by atoms with Crippen LogP contribution in [0.15, 0.2) is 53.5 Å². The lowest BCUT2D eigenvalue weighted by Crippen LogP contribution is -2.22. The van der Waals surface area contributed by atoms with Crippen LogP contribution in [-0.2, 0) is 0 Å². The topological polar surface area (TPSA) is 88.0 Å². The smallest absolute Gasteiger partial charge is 0.261 e. The molecule has 6 heteroatoms. The number of anilines is 2. The molecule has 1 heterocycles. The molecule has 0 atom stereocenters. The zero-order valence-corrected chi connectivity index (χ0v) is 12.1. The Bertz CT molecular complexity index is 914. The summed E-state index contributed by atoms with van der Waals surface area (Å²) in [5, 5.41) is 3.49. The first-order chi connectivity index (χ1) is 10.5. The van der Waals surface area contributed by atoms with Crippen molar-refractivity contribution in [3.8, 4) is 0 Å². The standard InChI is InChI=1S/C16H12ClN3O2/c17-9-5-10(18)7-11(6-9)20-16(22)13-8-19-14-4-2-1-3-12(14)15(13)21/h1-8H,18H2,(H,19,21)(H,20,22). The molecule has 0 unspecified atom stereocenters. The van der Waals surface area contributed by atoms with E-state index in [-0.39, 0.29) is 11.0 Å². The summed E-state index contributed by atoms with van der Waals surface area (Å²) < 4.78 is 0. The SMILES string of the molecule is Nc1cc(Cl)cc(NC(=O)c2c[nH]c3ccccc3c2=O)c1. The molecule has 1 amide bonds. The van der Waals surface area contributed by atoms with E-state index in [1.165, 1.54) is 6.20 Å². The van der Waals surface area contributed by atoms with E-state index in [4.69, 9.17) is 17.3 Å². The van der Waals surface area contributed by atoms with E-state index in [9.17, 15) is 9.59 Å². The summed E-state index contributed by atoms with van der Waals surface area (Å²) in [6, 6.07) is 11.7. The van der Waals surface area contributed by atoms with Gasteiger partial charge in [-0.15, -0.1) is 0 Å². The quantitative estimate of drug-likeness (QED) is 0.635. The summed E-state index contributed by atoms with van der Waals surface area (Å²) in [5.74, 6) is -0.520. The van der Waals surface area contributed by atoms with Gasteiger partial charge >= 0.3 is 0 Å². The summed E-state index contributed by atoms with van der Waals surface area (Å²) in [4.78, 5) is 27.6. The monoisotopic (exact) mass is 313 g/mol. The Labute approximate surface area is 130 Å². The van der Waals surface area contributed by atoms with Gasteiger partial charge in [0, 0.05) is 33.5 Å². The molecule has 0 radical (unpaired) electrons. The van der Waals surface area contributed by atoms with E-state index >= 15 is 0 Å². The van der Waals surface area contributed by atoms with Gasteiger partial charge in [0.1, 0.15) is 5.56 Å². The lowest BCUT2D eigenvalue weighted by molar-refractivity contribution is 0.102. The summed E-state index contributed by atoms with van der Waals surface area (Å²) in [6.45, 7) is 0. The highest BCUT2D eigenvalue weighted by Crippen LogP contribution is 2.20. The average molecular weight is 314 g/mol. The third kappa shape index (κ3) is 2.66. The molecule has 2 aromatic carbocycles. The van der Waals surface area contributed by atoms with Crippen LogP contribution in [0.2, 0.25) is 5.02 Å². The van der Waals surface area contributed by atoms with Gasteiger partial charge in [-0.3, -0.25) is 9.59 Å². The normalized spacial score (nSPS) is 10.6. The number of halogens is 1. The Morgan fingerprint density at radius 2 is 1.95 bits per heavy atom. The molecule has 0 spiro atoms. The number of amides is 1. The van der Waals surface area contributed by atoms with Crippen molar-refractivity contribution in [2.45, 2.75) is 0 Å². The van der Waals surface area contributed by atoms with Crippen LogP contribution >= 0.6 is 11.6 Å². The van der Waals surface area contributed by atoms with Crippen molar-refractivity contribution in [3.05, 3.63) is 69.5 Å². The Balaban J connectivity index is 1.99. The van der Waals surface area contributed by atoms with Crippen LogP contribution < -0.4 is 16.5 Å². The van der Waals surface area contributed by atoms with E-state index in [2.05, 4.69) is 10.3 Å². The number of carbonyl (C=O) groups excluding carboxylic acids is 1. The summed E-state index contributed by atoms with van der Waals surface area (Å²) >= 11 is 5.89. The van der Waals surface area contributed by atoms with Crippen LogP contribution in [0.1, 0.15) is 10.4 Å². The van der Waals surface area contributed by atoms with Crippen LogP contribution in [0.5, 0.6) is 0 Å². The minimum Gasteiger partial charge on any atom is -0.399 e. The first-order valence-electron chi connectivity index (χ1n) is 6.52. The summed E-state index contributed by atoms with van der Waals surface area (Å²) in [5.41, 5.74) is 6.90. The number of hydrogen-bond acceptors (Lipinski definition) is 3. The molecule has 4 N–H and O–H groups in total. The number of para-hydroxylation sites is 1. The number of nitrogens with two attached hydrogens (primary N) is 1. The molecule has 22 heavy (non-hydrogen) atoms. The number of hydrogen-bond donors (Lipinski definition) is 3. The minimum atomic E-state index is -0.520. The number of fused-ring (bicyclic) bond motifs is 1. The second-order valence-electron chi connectivity index (χ2n) is 4.80. The molecule has 0 aliphatic rings. The van der Waals surface area contributed by atoms with Crippen molar-refractivity contribution in [2.24, 2.45) is 0 Å². The zero-order chi connectivity index (χ0) is 15.7. The molecule has 0 saturated carbocycles. The Hall–Kier alpha value is -2.79. The second kappa shape index (κ2) is 5.54. The number of aromatic nitrogens is 1. The fourth-order valence-electron chi connectivity index (χ4n) is 2.22. The molecule has 3 rings (SSSR count). The van der Waals surface area contributed by atoms with Crippen molar-refractivity contribution in [3.63, 3.8) is 0 Å². The maximum atomic E-state index is 12.4. The van der Waals surface area contributed by atoms with Gasteiger partial charge in [-0.1, -0.05) is 23.7 Å². The lowest BCUT2D eigenvalue weighted by Gasteiger charge is -2.07. The molecular formula is C16H12ClN3O2. The first-order valence-corrected chi connectivity index (χ1v) is 6.90. The fourth-order valence-corrected chi connectivity index (χ4v) is 2.46. The van der Waals surface area contributed by atoms with Gasteiger partial charge in [0.15, 0.2) is 0 Å². The van der Waals surface area contributed by atoms with E-state index in [0.717, 1.165) is 0 Å². The first kappa shape index (κ1) is 14.2. The molecule has 0 fully saturated rings. The molecule has 5 nitrogen and oxygen atoms in total. The van der Waals surface area contributed by atoms with Crippen molar-refractivity contribution < 1.29 is 4.79 Å². The maximum Gasteiger partial charge on any atom is 0.261 e. The molecule has 0 saturated heterocycles. The average Bonchev–Trinajstić information content (AvgIpc) is 2.46. The molecule has 0 bridgehead atoms. The van der Waals surface area contributed by atoms with E-state index < -0.39 is 5.91 Å². The number of aromatic amines is 1. The number of nitrogens with one attached hydrogen (secondary N) is 2. The molecule has 0 aliphatic carbocycles. The second-order valence-corrected chi connectivity index (χ2v) is 5.24. The number of pyridine rings is 1. The Kier molecular flexibility index (Phi) is 3.56. The summed E-state index contributed by atoms with van der Waals surface area (Å²) in [6.07, 6.45) is 1.40. The summed E-state index contributed by atoms with van der Waals surface area (Å²) in [7, 11) is 0. The molecular weight excluding hydrogens is 302 g/mol. The number of rotatable bonds is 2. The fraction of sp³-hybridized carbons (Fsp3) is 0. The van der Waals surface area contributed by atoms with Crippen molar-refractivity contribution in [2.75, 3.05) is 11.1 Å². The number of carbonyl (C=O) groups is 1. The van der Waals surface area contributed by atoms with Gasteiger partial charge in [0.05, 0.1) is 0 Å². The van der Waals surface area contributed by atoms with Crippen LogP contribution in [-0.4, -0.2) is 10.9 Å². The van der Waals surface area contributed by atoms with E-state index in [1.54, 1.807) is 36.4 Å². The Morgan fingerprint density at radius 1 is 1.18 bits per heavy atom. The highest BCUT2D eigenvalue weighted by atomic mass is 35.5. The van der Waals surface area contributed by atoms with Crippen LogP contribution in [0.25, 0.3) is 10.9 Å². The molecule has 110 valence electrons. The number of benzene rings is 2. The van der Waals surface area contributed by atoms with Crippen molar-refractivity contribution >= 4 is 39.8 Å².